The highest BCUT2D eigenvalue weighted by Gasteiger charge is 2.56. The van der Waals surface area contributed by atoms with Gasteiger partial charge in [-0.15, -0.1) is 0 Å². The van der Waals surface area contributed by atoms with Crippen LogP contribution in [0.2, 0.25) is 0 Å². The SMILES string of the molecule is CC(OCc1ccccc1)C(NC(=O)OCC1c2ccccc2-c2ccccc21)C(=O)N1C2CCC1(CC(=O)O)CC2. The van der Waals surface area contributed by atoms with Crippen LogP contribution in [0, 0.1) is 0 Å². The van der Waals surface area contributed by atoms with E-state index < -0.39 is 29.7 Å². The van der Waals surface area contributed by atoms with Gasteiger partial charge in [0.1, 0.15) is 12.6 Å². The van der Waals surface area contributed by atoms with Crippen LogP contribution in [-0.2, 0) is 25.7 Å². The second-order valence-corrected chi connectivity index (χ2v) is 11.7. The van der Waals surface area contributed by atoms with Crippen LogP contribution in [0.25, 0.3) is 11.1 Å². The van der Waals surface area contributed by atoms with Crippen molar-refractivity contribution in [2.45, 2.75) is 75.3 Å². The van der Waals surface area contributed by atoms with E-state index in [9.17, 15) is 19.5 Å². The summed E-state index contributed by atoms with van der Waals surface area (Å²) < 4.78 is 11.9. The standard InChI is InChI=1S/C34H36N2O6/c1-22(41-20-23-9-3-2-4-10-23)31(32(39)36-24-15-17-34(36,18-16-24)19-30(37)38)35-33(40)42-21-29-27-13-7-5-11-25(27)26-12-6-8-14-28(26)29/h2-14,22,24,29,31H,15-21H2,1H3,(H,35,40)(H,37,38). The molecule has 0 aromatic heterocycles. The molecule has 2 unspecified atom stereocenters. The Balaban J connectivity index is 1.19. The molecule has 42 heavy (non-hydrogen) atoms. The van der Waals surface area contributed by atoms with Crippen LogP contribution in [0.15, 0.2) is 78.9 Å². The first-order valence-electron chi connectivity index (χ1n) is 14.7. The first-order chi connectivity index (χ1) is 20.4. The van der Waals surface area contributed by atoms with Crippen LogP contribution in [0.5, 0.6) is 0 Å². The second kappa shape index (κ2) is 11.6. The molecule has 2 atom stereocenters. The minimum atomic E-state index is -1.03. The van der Waals surface area contributed by atoms with Crippen LogP contribution in [0.4, 0.5) is 4.79 Å². The maximum Gasteiger partial charge on any atom is 0.407 e. The van der Waals surface area contributed by atoms with Crippen LogP contribution in [0.3, 0.4) is 0 Å². The van der Waals surface area contributed by atoms with Gasteiger partial charge in [-0.2, -0.15) is 0 Å². The Kier molecular flexibility index (Phi) is 7.73. The highest BCUT2D eigenvalue weighted by Crippen LogP contribution is 2.49. The molecule has 2 fully saturated rings. The zero-order valence-corrected chi connectivity index (χ0v) is 23.7. The molecule has 3 aromatic carbocycles. The molecule has 2 heterocycles. The molecular weight excluding hydrogens is 532 g/mol. The summed E-state index contributed by atoms with van der Waals surface area (Å²) in [5, 5.41) is 12.5. The maximum absolute atomic E-state index is 14.2. The zero-order chi connectivity index (χ0) is 29.3. The number of rotatable bonds is 10. The molecule has 1 aliphatic carbocycles. The van der Waals surface area contributed by atoms with Gasteiger partial charge in [0.2, 0.25) is 5.91 Å². The third-order valence-corrected chi connectivity index (χ3v) is 9.19. The molecule has 218 valence electrons. The largest absolute Gasteiger partial charge is 0.481 e. The number of hydrogen-bond donors (Lipinski definition) is 2. The third-order valence-electron chi connectivity index (χ3n) is 9.19. The van der Waals surface area contributed by atoms with Crippen molar-refractivity contribution < 1.29 is 29.0 Å². The van der Waals surface area contributed by atoms with Crippen LogP contribution >= 0.6 is 0 Å². The van der Waals surface area contributed by atoms with E-state index >= 15 is 0 Å². The fourth-order valence-electron chi connectivity index (χ4n) is 7.18. The topological polar surface area (TPSA) is 105 Å². The molecular formula is C34H36N2O6. The van der Waals surface area contributed by atoms with Crippen molar-refractivity contribution in [3.8, 4) is 11.1 Å². The summed E-state index contributed by atoms with van der Waals surface area (Å²) in [6.07, 6.45) is 1.32. The predicted octanol–water partition coefficient (Wildman–Crippen LogP) is 5.50. The van der Waals surface area contributed by atoms with Crippen LogP contribution < -0.4 is 5.32 Å². The fourth-order valence-corrected chi connectivity index (χ4v) is 7.18. The Morgan fingerprint density at radius 1 is 0.929 bits per heavy atom. The number of ether oxygens (including phenoxy) is 2. The van der Waals surface area contributed by atoms with Crippen molar-refractivity contribution in [3.05, 3.63) is 95.6 Å². The lowest BCUT2D eigenvalue weighted by Crippen LogP contribution is -2.58. The summed E-state index contributed by atoms with van der Waals surface area (Å²) in [5.41, 5.74) is 4.68. The van der Waals surface area contributed by atoms with Gasteiger partial charge in [0.25, 0.3) is 0 Å². The number of aliphatic carboxylic acids is 1. The van der Waals surface area contributed by atoms with Crippen molar-refractivity contribution in [2.75, 3.05) is 6.61 Å². The van der Waals surface area contributed by atoms with E-state index in [2.05, 4.69) is 29.6 Å². The number of amides is 2. The van der Waals surface area contributed by atoms with Gasteiger partial charge in [-0.1, -0.05) is 78.9 Å². The maximum atomic E-state index is 14.2. The smallest absolute Gasteiger partial charge is 0.407 e. The van der Waals surface area contributed by atoms with E-state index in [1.165, 1.54) is 0 Å². The van der Waals surface area contributed by atoms with E-state index in [4.69, 9.17) is 9.47 Å². The van der Waals surface area contributed by atoms with E-state index in [1.54, 1.807) is 11.8 Å². The summed E-state index contributed by atoms with van der Waals surface area (Å²) >= 11 is 0. The van der Waals surface area contributed by atoms with Gasteiger partial charge in [0.05, 0.1) is 24.7 Å². The molecule has 3 aliphatic rings. The summed E-state index contributed by atoms with van der Waals surface area (Å²) in [4.78, 5) is 41.0. The van der Waals surface area contributed by atoms with Crippen molar-refractivity contribution in [1.29, 1.82) is 0 Å². The lowest BCUT2D eigenvalue weighted by Gasteiger charge is -2.37. The highest BCUT2D eigenvalue weighted by atomic mass is 16.5. The number of nitrogens with zero attached hydrogens (tertiary/aromatic N) is 1. The number of carbonyl (C=O) groups is 3. The van der Waals surface area contributed by atoms with Gasteiger partial charge >= 0.3 is 12.1 Å². The second-order valence-electron chi connectivity index (χ2n) is 11.7. The first kappa shape index (κ1) is 28.0. The Bertz CT molecular complexity index is 1420. The summed E-state index contributed by atoms with van der Waals surface area (Å²) in [6.45, 7) is 2.15. The van der Waals surface area contributed by atoms with Gasteiger partial charge < -0.3 is 24.8 Å². The van der Waals surface area contributed by atoms with Crippen molar-refractivity contribution in [1.82, 2.24) is 10.2 Å². The molecule has 8 nitrogen and oxygen atoms in total. The minimum Gasteiger partial charge on any atom is -0.481 e. The van der Waals surface area contributed by atoms with E-state index in [1.807, 2.05) is 54.6 Å². The van der Waals surface area contributed by atoms with E-state index in [-0.39, 0.29) is 37.5 Å². The predicted molar refractivity (Wildman–Crippen MR) is 157 cm³/mol. The Morgan fingerprint density at radius 3 is 2.14 bits per heavy atom. The molecule has 2 N–H and O–H groups in total. The van der Waals surface area contributed by atoms with E-state index in [0.717, 1.165) is 40.7 Å². The van der Waals surface area contributed by atoms with Crippen LogP contribution in [0.1, 0.15) is 61.6 Å². The number of alkyl carbamates (subject to hydrolysis) is 1. The quantitative estimate of drug-likeness (QED) is 0.335. The number of benzene rings is 3. The van der Waals surface area contributed by atoms with Crippen molar-refractivity contribution in [2.24, 2.45) is 0 Å². The molecule has 0 radical (unpaired) electrons. The Morgan fingerprint density at radius 2 is 1.52 bits per heavy atom. The average Bonchev–Trinajstić information content (AvgIpc) is 3.64. The molecule has 3 aromatic rings. The Hall–Kier alpha value is -4.17. The Labute approximate surface area is 245 Å². The molecule has 6 rings (SSSR count). The third kappa shape index (κ3) is 5.27. The first-order valence-corrected chi connectivity index (χ1v) is 14.7. The number of nitrogens with one attached hydrogen (secondary N) is 1. The fraction of sp³-hybridized carbons (Fsp3) is 0.382. The molecule has 2 saturated heterocycles. The van der Waals surface area contributed by atoms with Crippen molar-refractivity contribution in [3.63, 3.8) is 0 Å². The number of fused-ring (bicyclic) bond motifs is 5. The molecule has 0 spiro atoms. The van der Waals surface area contributed by atoms with Gasteiger partial charge in [-0.25, -0.2) is 4.79 Å². The molecule has 2 bridgehead atoms. The molecule has 8 heteroatoms. The molecule has 2 amide bonds. The van der Waals surface area contributed by atoms with Gasteiger partial charge in [0, 0.05) is 12.0 Å². The number of carboxylic acid groups (broad SMARTS) is 1. The highest BCUT2D eigenvalue weighted by molar-refractivity contribution is 5.88. The molecule has 2 aliphatic heterocycles. The number of hydrogen-bond acceptors (Lipinski definition) is 5. The molecule has 0 saturated carbocycles. The lowest BCUT2D eigenvalue weighted by atomic mass is 9.85. The minimum absolute atomic E-state index is 0.0371. The van der Waals surface area contributed by atoms with Crippen LogP contribution in [-0.4, -0.2) is 58.3 Å². The van der Waals surface area contributed by atoms with Gasteiger partial charge in [0.15, 0.2) is 0 Å². The summed E-state index contributed by atoms with van der Waals surface area (Å²) in [7, 11) is 0. The lowest BCUT2D eigenvalue weighted by molar-refractivity contribution is -0.146. The normalized spacial score (nSPS) is 21.8. The summed E-state index contributed by atoms with van der Waals surface area (Å²) in [5.74, 6) is -1.35. The zero-order valence-electron chi connectivity index (χ0n) is 23.7. The number of carboxylic acids is 1. The summed E-state index contributed by atoms with van der Waals surface area (Å²) in [6, 6.07) is 24.8. The average molecular weight is 569 g/mol. The van der Waals surface area contributed by atoms with Crippen molar-refractivity contribution >= 4 is 18.0 Å². The van der Waals surface area contributed by atoms with Gasteiger partial charge in [-0.3, -0.25) is 9.59 Å². The monoisotopic (exact) mass is 568 g/mol. The number of carbonyl (C=O) groups excluding carboxylic acids is 2. The van der Waals surface area contributed by atoms with Gasteiger partial charge in [-0.05, 0) is 60.4 Å². The van der Waals surface area contributed by atoms with E-state index in [0.29, 0.717) is 12.8 Å².